The number of hydrogen-bond acceptors (Lipinski definition) is 2. The van der Waals surface area contributed by atoms with Gasteiger partial charge in [0.2, 0.25) is 0 Å². The van der Waals surface area contributed by atoms with Crippen LogP contribution in [0, 0.1) is 5.92 Å². The zero-order valence-electron chi connectivity index (χ0n) is 8.04. The van der Waals surface area contributed by atoms with Crippen LogP contribution in [-0.4, -0.2) is 21.4 Å². The van der Waals surface area contributed by atoms with E-state index in [1.54, 1.807) is 19.1 Å². The third-order valence-electron chi connectivity index (χ3n) is 2.76. The van der Waals surface area contributed by atoms with Gasteiger partial charge in [0.25, 0.3) is 0 Å². The monoisotopic (exact) mass is 170 g/mol. The van der Waals surface area contributed by atoms with Crippen molar-refractivity contribution >= 4 is 0 Å². The summed E-state index contributed by atoms with van der Waals surface area (Å²) in [6.07, 6.45) is 4.73. The van der Waals surface area contributed by atoms with E-state index < -0.39 is 11.2 Å². The van der Waals surface area contributed by atoms with Gasteiger partial charge in [0, 0.05) is 0 Å². The predicted octanol–water partition coefficient (Wildman–Crippen LogP) is 1.47. The molecule has 2 nitrogen and oxygen atoms in total. The van der Waals surface area contributed by atoms with Gasteiger partial charge in [-0.3, -0.25) is 0 Å². The average molecular weight is 170 g/mol. The fourth-order valence-electron chi connectivity index (χ4n) is 1.42. The van der Waals surface area contributed by atoms with Crippen LogP contribution in [0.2, 0.25) is 0 Å². The van der Waals surface area contributed by atoms with Crippen LogP contribution in [0.3, 0.4) is 0 Å². The second-order valence-electron chi connectivity index (χ2n) is 4.34. The SMILES string of the molecule is CC(C)C1(O)C=C[C@@](C)(O)CC1. The van der Waals surface area contributed by atoms with E-state index in [0.717, 1.165) is 0 Å². The van der Waals surface area contributed by atoms with E-state index in [4.69, 9.17) is 0 Å². The molecule has 70 valence electrons. The number of hydrogen-bond donors (Lipinski definition) is 2. The molecule has 1 rings (SSSR count). The zero-order valence-corrected chi connectivity index (χ0v) is 8.04. The molecule has 2 N–H and O–H groups in total. The summed E-state index contributed by atoms with van der Waals surface area (Å²) in [6.45, 7) is 5.75. The molecule has 0 bridgehead atoms. The fourth-order valence-corrected chi connectivity index (χ4v) is 1.42. The van der Waals surface area contributed by atoms with Crippen LogP contribution in [0.15, 0.2) is 12.2 Å². The highest BCUT2D eigenvalue weighted by atomic mass is 16.3. The van der Waals surface area contributed by atoms with Crippen molar-refractivity contribution < 1.29 is 10.2 Å². The summed E-state index contributed by atoms with van der Waals surface area (Å²) < 4.78 is 0. The van der Waals surface area contributed by atoms with Crippen molar-refractivity contribution in [2.45, 2.75) is 44.8 Å². The minimum absolute atomic E-state index is 0.213. The van der Waals surface area contributed by atoms with Gasteiger partial charge < -0.3 is 10.2 Å². The first-order valence-electron chi connectivity index (χ1n) is 4.51. The van der Waals surface area contributed by atoms with Gasteiger partial charge in [0.1, 0.15) is 0 Å². The Hall–Kier alpha value is -0.340. The first-order valence-corrected chi connectivity index (χ1v) is 4.51. The molecule has 1 aliphatic carbocycles. The second kappa shape index (κ2) is 2.86. The average Bonchev–Trinajstić information content (AvgIpc) is 1.96. The quantitative estimate of drug-likeness (QED) is 0.585. The normalized spacial score (nSPS) is 42.2. The molecule has 12 heavy (non-hydrogen) atoms. The largest absolute Gasteiger partial charge is 0.386 e. The van der Waals surface area contributed by atoms with Gasteiger partial charge in [0.05, 0.1) is 11.2 Å². The molecular formula is C10H18O2. The highest BCUT2D eigenvalue weighted by Gasteiger charge is 2.35. The van der Waals surface area contributed by atoms with Crippen LogP contribution >= 0.6 is 0 Å². The van der Waals surface area contributed by atoms with Gasteiger partial charge in [-0.1, -0.05) is 26.0 Å². The molecule has 0 fully saturated rings. The summed E-state index contributed by atoms with van der Waals surface area (Å²) >= 11 is 0. The molecule has 0 amide bonds. The standard InChI is InChI=1S/C10H18O2/c1-8(2)10(12)6-4-9(3,11)5-7-10/h4,6,8,11-12H,5,7H2,1-3H3/t9-,10?/m1/s1. The predicted molar refractivity (Wildman–Crippen MR) is 48.8 cm³/mol. The fraction of sp³-hybridized carbons (Fsp3) is 0.800. The Labute approximate surface area is 73.9 Å². The van der Waals surface area contributed by atoms with E-state index in [1.807, 2.05) is 13.8 Å². The summed E-state index contributed by atoms with van der Waals surface area (Å²) in [5.41, 5.74) is -1.43. The molecule has 0 aromatic rings. The summed E-state index contributed by atoms with van der Waals surface area (Å²) in [5, 5.41) is 19.6. The number of aliphatic hydroxyl groups is 2. The highest BCUT2D eigenvalue weighted by molar-refractivity contribution is 5.14. The molecule has 0 heterocycles. The van der Waals surface area contributed by atoms with E-state index in [1.165, 1.54) is 0 Å². The van der Waals surface area contributed by atoms with Gasteiger partial charge in [-0.2, -0.15) is 0 Å². The van der Waals surface area contributed by atoms with Gasteiger partial charge in [0.15, 0.2) is 0 Å². The van der Waals surface area contributed by atoms with Crippen molar-refractivity contribution in [2.24, 2.45) is 5.92 Å². The Kier molecular flexibility index (Phi) is 2.32. The second-order valence-corrected chi connectivity index (χ2v) is 4.34. The molecule has 2 atom stereocenters. The molecular weight excluding hydrogens is 152 g/mol. The minimum Gasteiger partial charge on any atom is -0.386 e. The molecule has 0 saturated carbocycles. The molecule has 0 aliphatic heterocycles. The van der Waals surface area contributed by atoms with E-state index >= 15 is 0 Å². The Balaban J connectivity index is 2.77. The van der Waals surface area contributed by atoms with E-state index in [-0.39, 0.29) is 5.92 Å². The molecule has 0 radical (unpaired) electrons. The lowest BCUT2D eigenvalue weighted by Gasteiger charge is -2.36. The van der Waals surface area contributed by atoms with Crippen molar-refractivity contribution in [3.8, 4) is 0 Å². The Morgan fingerprint density at radius 1 is 1.17 bits per heavy atom. The smallest absolute Gasteiger partial charge is 0.0852 e. The van der Waals surface area contributed by atoms with Crippen LogP contribution < -0.4 is 0 Å². The van der Waals surface area contributed by atoms with Crippen LogP contribution in [0.25, 0.3) is 0 Å². The Morgan fingerprint density at radius 2 is 1.75 bits per heavy atom. The van der Waals surface area contributed by atoms with Crippen molar-refractivity contribution in [1.29, 1.82) is 0 Å². The van der Waals surface area contributed by atoms with Gasteiger partial charge in [-0.05, 0) is 25.7 Å². The van der Waals surface area contributed by atoms with Crippen molar-refractivity contribution in [1.82, 2.24) is 0 Å². The van der Waals surface area contributed by atoms with Crippen molar-refractivity contribution in [2.75, 3.05) is 0 Å². The summed E-state index contributed by atoms with van der Waals surface area (Å²) in [6, 6.07) is 0. The lowest BCUT2D eigenvalue weighted by molar-refractivity contribution is -0.00853. The first-order chi connectivity index (χ1) is 5.36. The Morgan fingerprint density at radius 3 is 2.08 bits per heavy atom. The van der Waals surface area contributed by atoms with Crippen molar-refractivity contribution in [3.05, 3.63) is 12.2 Å². The topological polar surface area (TPSA) is 40.5 Å². The summed E-state index contributed by atoms with van der Waals surface area (Å²) in [4.78, 5) is 0. The molecule has 2 heteroatoms. The van der Waals surface area contributed by atoms with Crippen LogP contribution in [0.5, 0.6) is 0 Å². The van der Waals surface area contributed by atoms with Crippen LogP contribution in [0.4, 0.5) is 0 Å². The summed E-state index contributed by atoms with van der Waals surface area (Å²) in [7, 11) is 0. The number of rotatable bonds is 1. The third kappa shape index (κ3) is 1.87. The van der Waals surface area contributed by atoms with E-state index in [9.17, 15) is 10.2 Å². The first kappa shape index (κ1) is 9.75. The van der Waals surface area contributed by atoms with Crippen LogP contribution in [0.1, 0.15) is 33.6 Å². The molecule has 0 saturated heterocycles. The van der Waals surface area contributed by atoms with E-state index in [0.29, 0.717) is 12.8 Å². The Bertz CT molecular complexity index is 194. The lowest BCUT2D eigenvalue weighted by Crippen LogP contribution is -2.40. The molecule has 1 aliphatic rings. The highest BCUT2D eigenvalue weighted by Crippen LogP contribution is 2.33. The lowest BCUT2D eigenvalue weighted by atomic mass is 9.77. The zero-order chi connectivity index (χ0) is 9.41. The third-order valence-corrected chi connectivity index (χ3v) is 2.76. The maximum absolute atomic E-state index is 9.98. The molecule has 0 aromatic carbocycles. The van der Waals surface area contributed by atoms with Crippen LogP contribution in [-0.2, 0) is 0 Å². The molecule has 0 spiro atoms. The van der Waals surface area contributed by atoms with Gasteiger partial charge >= 0.3 is 0 Å². The summed E-state index contributed by atoms with van der Waals surface area (Å²) in [5.74, 6) is 0.213. The van der Waals surface area contributed by atoms with Gasteiger partial charge in [-0.15, -0.1) is 0 Å². The molecule has 0 aromatic heterocycles. The molecule has 1 unspecified atom stereocenters. The van der Waals surface area contributed by atoms with Crippen molar-refractivity contribution in [3.63, 3.8) is 0 Å². The van der Waals surface area contributed by atoms with E-state index in [2.05, 4.69) is 0 Å². The van der Waals surface area contributed by atoms with Gasteiger partial charge in [-0.25, -0.2) is 0 Å². The maximum Gasteiger partial charge on any atom is 0.0852 e. The minimum atomic E-state index is -0.721. The maximum atomic E-state index is 9.98.